The molecular weight excluding hydrogens is 355 g/mol. The summed E-state index contributed by atoms with van der Waals surface area (Å²) < 4.78 is 24.3. The number of carbonyl (C=O) groups excluding carboxylic acids is 1. The van der Waals surface area contributed by atoms with Crippen molar-refractivity contribution in [2.45, 2.75) is 45.3 Å². The molecule has 5 nitrogen and oxygen atoms in total. The molecule has 0 bridgehead atoms. The Labute approximate surface area is 156 Å². The predicted molar refractivity (Wildman–Crippen MR) is 99.9 cm³/mol. The quantitative estimate of drug-likeness (QED) is 0.820. The number of amides is 1. The molecule has 0 spiro atoms. The summed E-state index contributed by atoms with van der Waals surface area (Å²) in [6, 6.07) is 6.16. The van der Waals surface area contributed by atoms with E-state index in [9.17, 15) is 9.18 Å². The Morgan fingerprint density at radius 1 is 1.42 bits per heavy atom. The molecule has 1 aliphatic heterocycles. The molecule has 2 heterocycles. The highest BCUT2D eigenvalue weighted by molar-refractivity contribution is 7.16. The largest absolute Gasteiger partial charge is 0.376 e. The van der Waals surface area contributed by atoms with E-state index in [2.05, 4.69) is 10.3 Å². The number of hydrogen-bond donors (Lipinski definition) is 1. The van der Waals surface area contributed by atoms with Gasteiger partial charge in [0.1, 0.15) is 11.9 Å². The second kappa shape index (κ2) is 8.70. The molecule has 2 unspecified atom stereocenters. The Bertz CT molecular complexity index is 742. The number of ether oxygens (including phenoxy) is 2. The van der Waals surface area contributed by atoms with Gasteiger partial charge in [-0.25, -0.2) is 9.37 Å². The lowest BCUT2D eigenvalue weighted by Crippen LogP contribution is -2.32. The fourth-order valence-corrected chi connectivity index (χ4v) is 3.64. The summed E-state index contributed by atoms with van der Waals surface area (Å²) in [4.78, 5) is 17.7. The summed E-state index contributed by atoms with van der Waals surface area (Å²) >= 11 is 1.39. The molecule has 0 saturated carbocycles. The lowest BCUT2D eigenvalue weighted by molar-refractivity contribution is -0.130. The third-order valence-corrected chi connectivity index (χ3v) is 5.21. The van der Waals surface area contributed by atoms with Crippen LogP contribution in [0.2, 0.25) is 0 Å². The maximum absolute atomic E-state index is 13.1. The van der Waals surface area contributed by atoms with Crippen molar-refractivity contribution in [3.8, 4) is 11.3 Å². The van der Waals surface area contributed by atoms with E-state index in [-0.39, 0.29) is 17.8 Å². The predicted octanol–water partition coefficient (Wildman–Crippen LogP) is 4.17. The van der Waals surface area contributed by atoms with Crippen molar-refractivity contribution in [2.75, 3.05) is 18.5 Å². The zero-order valence-electron chi connectivity index (χ0n) is 15.0. The maximum atomic E-state index is 13.1. The highest BCUT2D eigenvalue weighted by Crippen LogP contribution is 2.30. The first-order chi connectivity index (χ1) is 12.5. The highest BCUT2D eigenvalue weighted by atomic mass is 32.1. The molecular formula is C19H23FN2O3S. The first-order valence-electron chi connectivity index (χ1n) is 8.80. The number of aromatic nitrogens is 1. The normalized spacial score (nSPS) is 18.5. The Morgan fingerprint density at radius 2 is 2.19 bits per heavy atom. The zero-order valence-corrected chi connectivity index (χ0v) is 15.8. The van der Waals surface area contributed by atoms with Gasteiger partial charge in [-0.1, -0.05) is 0 Å². The molecule has 0 aliphatic carbocycles. The molecule has 1 aliphatic rings. The van der Waals surface area contributed by atoms with Gasteiger partial charge >= 0.3 is 0 Å². The van der Waals surface area contributed by atoms with E-state index in [4.69, 9.17) is 9.47 Å². The summed E-state index contributed by atoms with van der Waals surface area (Å²) in [5.74, 6) is -0.525. The molecule has 140 valence electrons. The third kappa shape index (κ3) is 4.87. The van der Waals surface area contributed by atoms with Crippen LogP contribution in [0.15, 0.2) is 24.3 Å². The van der Waals surface area contributed by atoms with Gasteiger partial charge < -0.3 is 9.47 Å². The second-order valence-corrected chi connectivity index (χ2v) is 7.59. The van der Waals surface area contributed by atoms with Crippen molar-refractivity contribution in [3.63, 3.8) is 0 Å². The Balaban J connectivity index is 1.57. The Hall–Kier alpha value is -1.83. The molecule has 26 heavy (non-hydrogen) atoms. The first-order valence-corrected chi connectivity index (χ1v) is 9.62. The van der Waals surface area contributed by atoms with Gasteiger partial charge in [-0.15, -0.1) is 11.3 Å². The van der Waals surface area contributed by atoms with Gasteiger partial charge in [0.05, 0.1) is 18.4 Å². The standard InChI is InChI=1S/C19H23FN2O3S/c1-12(25-11-16-5-3-4-10-24-16)18(23)22-19-21-17(13(2)26-19)14-6-8-15(20)9-7-14/h6-9,12,16H,3-5,10-11H2,1-2H3,(H,21,22,23). The molecule has 1 aromatic carbocycles. The lowest BCUT2D eigenvalue weighted by Gasteiger charge is -2.23. The molecule has 1 N–H and O–H groups in total. The smallest absolute Gasteiger partial charge is 0.254 e. The molecule has 1 saturated heterocycles. The van der Waals surface area contributed by atoms with Crippen molar-refractivity contribution in [3.05, 3.63) is 35.0 Å². The summed E-state index contributed by atoms with van der Waals surface area (Å²) in [6.07, 6.45) is 2.69. The average molecular weight is 378 g/mol. The monoisotopic (exact) mass is 378 g/mol. The van der Waals surface area contributed by atoms with Crippen LogP contribution in [0.25, 0.3) is 11.3 Å². The van der Waals surface area contributed by atoms with Gasteiger partial charge in [-0.3, -0.25) is 10.1 Å². The van der Waals surface area contributed by atoms with E-state index in [0.29, 0.717) is 11.7 Å². The fourth-order valence-electron chi connectivity index (χ4n) is 2.80. The van der Waals surface area contributed by atoms with Crippen LogP contribution >= 0.6 is 11.3 Å². The van der Waals surface area contributed by atoms with Crippen LogP contribution in [0.4, 0.5) is 9.52 Å². The van der Waals surface area contributed by atoms with Gasteiger partial charge in [0.25, 0.3) is 5.91 Å². The van der Waals surface area contributed by atoms with Crippen LogP contribution in [-0.4, -0.2) is 36.3 Å². The topological polar surface area (TPSA) is 60.5 Å². The molecule has 2 atom stereocenters. The van der Waals surface area contributed by atoms with Crippen LogP contribution in [0.3, 0.4) is 0 Å². The zero-order chi connectivity index (χ0) is 18.5. The van der Waals surface area contributed by atoms with Crippen LogP contribution in [0.5, 0.6) is 0 Å². The Kier molecular flexibility index (Phi) is 6.34. The third-order valence-electron chi connectivity index (χ3n) is 4.32. The fraction of sp³-hybridized carbons (Fsp3) is 0.474. The summed E-state index contributed by atoms with van der Waals surface area (Å²) in [6.45, 7) is 4.83. The van der Waals surface area contributed by atoms with Crippen LogP contribution < -0.4 is 5.32 Å². The number of benzene rings is 1. The van der Waals surface area contributed by atoms with E-state index in [1.807, 2.05) is 6.92 Å². The lowest BCUT2D eigenvalue weighted by atomic mass is 10.1. The number of halogens is 1. The van der Waals surface area contributed by atoms with Gasteiger partial charge in [0.15, 0.2) is 5.13 Å². The molecule has 7 heteroatoms. The number of hydrogen-bond acceptors (Lipinski definition) is 5. The summed E-state index contributed by atoms with van der Waals surface area (Å²) in [7, 11) is 0. The van der Waals surface area contributed by atoms with E-state index < -0.39 is 6.10 Å². The summed E-state index contributed by atoms with van der Waals surface area (Å²) in [5.41, 5.74) is 1.56. The van der Waals surface area contributed by atoms with Gasteiger partial charge in [0.2, 0.25) is 0 Å². The van der Waals surface area contributed by atoms with E-state index >= 15 is 0 Å². The van der Waals surface area contributed by atoms with E-state index in [1.54, 1.807) is 19.1 Å². The van der Waals surface area contributed by atoms with Crippen molar-refractivity contribution < 1.29 is 18.7 Å². The van der Waals surface area contributed by atoms with Crippen molar-refractivity contribution in [2.24, 2.45) is 0 Å². The van der Waals surface area contributed by atoms with Crippen molar-refractivity contribution in [1.29, 1.82) is 0 Å². The van der Waals surface area contributed by atoms with Gasteiger partial charge in [-0.05, 0) is 57.4 Å². The van der Waals surface area contributed by atoms with Gasteiger partial charge in [-0.2, -0.15) is 0 Å². The second-order valence-electron chi connectivity index (χ2n) is 6.38. The molecule has 1 fully saturated rings. The number of nitrogens with one attached hydrogen (secondary N) is 1. The highest BCUT2D eigenvalue weighted by Gasteiger charge is 2.20. The number of carbonyl (C=O) groups is 1. The van der Waals surface area contributed by atoms with Crippen LogP contribution in [-0.2, 0) is 14.3 Å². The first kappa shape index (κ1) is 18.9. The molecule has 0 radical (unpaired) electrons. The van der Waals surface area contributed by atoms with Crippen molar-refractivity contribution >= 4 is 22.4 Å². The minimum Gasteiger partial charge on any atom is -0.376 e. The number of aryl methyl sites for hydroxylation is 1. The number of thiazole rings is 1. The van der Waals surface area contributed by atoms with Crippen LogP contribution in [0.1, 0.15) is 31.1 Å². The molecule has 2 aromatic rings. The SMILES string of the molecule is Cc1sc(NC(=O)C(C)OCC2CCCCO2)nc1-c1ccc(F)cc1. The minimum absolute atomic E-state index is 0.0752. The average Bonchev–Trinajstić information content (AvgIpc) is 3.01. The van der Waals surface area contributed by atoms with Crippen molar-refractivity contribution in [1.82, 2.24) is 4.98 Å². The molecule has 1 aromatic heterocycles. The molecule has 3 rings (SSSR count). The van der Waals surface area contributed by atoms with Crippen LogP contribution in [0, 0.1) is 12.7 Å². The van der Waals surface area contributed by atoms with E-state index in [1.165, 1.54) is 23.5 Å². The Morgan fingerprint density at radius 3 is 2.88 bits per heavy atom. The number of nitrogens with zero attached hydrogens (tertiary/aromatic N) is 1. The molecule has 1 amide bonds. The summed E-state index contributed by atoms with van der Waals surface area (Å²) in [5, 5.41) is 3.31. The number of anilines is 1. The van der Waals surface area contributed by atoms with Gasteiger partial charge in [0, 0.05) is 17.0 Å². The maximum Gasteiger partial charge on any atom is 0.254 e. The van der Waals surface area contributed by atoms with E-state index in [0.717, 1.165) is 42.0 Å². The minimum atomic E-state index is -0.584. The number of rotatable bonds is 6.